The van der Waals surface area contributed by atoms with Crippen LogP contribution < -0.4 is 0 Å². The second-order valence-corrected chi connectivity index (χ2v) is 2.64. The summed E-state index contributed by atoms with van der Waals surface area (Å²) < 4.78 is 4.69. The topological polar surface area (TPSA) is 84.7 Å². The maximum atomic E-state index is 11.2. The Morgan fingerprint density at radius 2 is 2.47 bits per heavy atom. The molecule has 0 radical (unpaired) electrons. The van der Waals surface area contributed by atoms with Crippen molar-refractivity contribution in [3.63, 3.8) is 0 Å². The summed E-state index contributed by atoms with van der Waals surface area (Å²) >= 11 is 0. The molecule has 0 aliphatic heterocycles. The number of nitrogens with zero attached hydrogens (tertiary/aromatic N) is 3. The molecule has 0 bridgehead atoms. The summed E-state index contributed by atoms with van der Waals surface area (Å²) in [6.07, 6.45) is 3.02. The van der Waals surface area contributed by atoms with Crippen molar-refractivity contribution in [2.75, 3.05) is 6.61 Å². The number of rotatable bonds is 4. The van der Waals surface area contributed by atoms with Crippen molar-refractivity contribution < 1.29 is 14.7 Å². The van der Waals surface area contributed by atoms with Crippen molar-refractivity contribution in [1.82, 2.24) is 9.97 Å². The van der Waals surface area contributed by atoms with E-state index in [1.165, 1.54) is 6.33 Å². The molecule has 0 saturated carbocycles. The Kier molecular flexibility index (Phi) is 4.21. The van der Waals surface area contributed by atoms with E-state index in [-0.39, 0.29) is 18.7 Å². The maximum absolute atomic E-state index is 11.2. The molecule has 6 nitrogen and oxygen atoms in total. The summed E-state index contributed by atoms with van der Waals surface area (Å²) in [5.41, 5.74) is 0.515. The lowest BCUT2D eigenvalue weighted by Gasteiger charge is -2.02. The molecule has 0 saturated heterocycles. The Labute approximate surface area is 86.6 Å². The highest BCUT2D eigenvalue weighted by Gasteiger charge is 2.14. The zero-order valence-corrected chi connectivity index (χ0v) is 8.25. The zero-order valence-electron chi connectivity index (χ0n) is 8.25. The fourth-order valence-corrected chi connectivity index (χ4v) is 0.957. The predicted molar refractivity (Wildman–Crippen MR) is 51.6 cm³/mol. The minimum absolute atomic E-state index is 0.0736. The van der Waals surface area contributed by atoms with E-state index in [2.05, 4.69) is 15.1 Å². The molecule has 1 N–H and O–H groups in total. The van der Waals surface area contributed by atoms with Crippen LogP contribution in [-0.2, 0) is 16.0 Å². The third-order valence-corrected chi connectivity index (χ3v) is 1.62. The standard InChI is InChI=1S/C9H11N3O3/c1-2-15-9(13)8(12-14)5-7-3-4-10-6-11-7/h3-4,6,14H,2,5H2,1H3/b12-8-. The van der Waals surface area contributed by atoms with Gasteiger partial charge >= 0.3 is 5.97 Å². The first-order valence-electron chi connectivity index (χ1n) is 4.40. The van der Waals surface area contributed by atoms with Gasteiger partial charge in [-0.1, -0.05) is 5.16 Å². The number of carbonyl (C=O) groups is 1. The molecule has 0 aromatic carbocycles. The molecule has 1 aromatic rings. The lowest BCUT2D eigenvalue weighted by atomic mass is 10.2. The smallest absolute Gasteiger partial charge is 0.356 e. The van der Waals surface area contributed by atoms with E-state index in [1.807, 2.05) is 0 Å². The highest BCUT2D eigenvalue weighted by molar-refractivity contribution is 6.36. The van der Waals surface area contributed by atoms with Crippen LogP contribution >= 0.6 is 0 Å². The van der Waals surface area contributed by atoms with Crippen LogP contribution in [0.25, 0.3) is 0 Å². The van der Waals surface area contributed by atoms with E-state index < -0.39 is 5.97 Å². The van der Waals surface area contributed by atoms with E-state index in [0.29, 0.717) is 5.69 Å². The number of hydrogen-bond donors (Lipinski definition) is 1. The lowest BCUT2D eigenvalue weighted by Crippen LogP contribution is -2.20. The molecule has 6 heteroatoms. The Bertz CT molecular complexity index is 351. The molecule has 0 fully saturated rings. The summed E-state index contributed by atoms with van der Waals surface area (Å²) in [6.45, 7) is 1.92. The van der Waals surface area contributed by atoms with Crippen LogP contribution in [0.2, 0.25) is 0 Å². The summed E-state index contributed by atoms with van der Waals surface area (Å²) in [6, 6.07) is 1.63. The summed E-state index contributed by atoms with van der Waals surface area (Å²) in [7, 11) is 0. The lowest BCUT2D eigenvalue weighted by molar-refractivity contribution is -0.135. The molecule has 0 spiro atoms. The number of ether oxygens (including phenoxy) is 1. The van der Waals surface area contributed by atoms with Crippen molar-refractivity contribution in [2.24, 2.45) is 5.16 Å². The van der Waals surface area contributed by atoms with E-state index in [1.54, 1.807) is 19.2 Å². The number of oxime groups is 1. The van der Waals surface area contributed by atoms with Gasteiger partial charge in [0.05, 0.1) is 12.3 Å². The van der Waals surface area contributed by atoms with Crippen LogP contribution in [0.1, 0.15) is 12.6 Å². The van der Waals surface area contributed by atoms with Gasteiger partial charge in [0.2, 0.25) is 0 Å². The van der Waals surface area contributed by atoms with Crippen LogP contribution in [-0.4, -0.2) is 33.5 Å². The van der Waals surface area contributed by atoms with Crippen molar-refractivity contribution in [3.05, 3.63) is 24.3 Å². The third kappa shape index (κ3) is 3.34. The van der Waals surface area contributed by atoms with Crippen LogP contribution in [0.5, 0.6) is 0 Å². The first-order chi connectivity index (χ1) is 7.27. The highest BCUT2D eigenvalue weighted by atomic mass is 16.5. The maximum Gasteiger partial charge on any atom is 0.356 e. The SMILES string of the molecule is CCOC(=O)/C(Cc1ccncn1)=N\O. The van der Waals surface area contributed by atoms with Gasteiger partial charge in [0.15, 0.2) is 5.71 Å². The normalized spacial score (nSPS) is 11.1. The van der Waals surface area contributed by atoms with E-state index >= 15 is 0 Å². The number of carbonyl (C=O) groups excluding carboxylic acids is 1. The zero-order chi connectivity index (χ0) is 11.1. The molecular formula is C9H11N3O3. The van der Waals surface area contributed by atoms with Crippen molar-refractivity contribution in [3.8, 4) is 0 Å². The van der Waals surface area contributed by atoms with Crippen molar-refractivity contribution in [2.45, 2.75) is 13.3 Å². The van der Waals surface area contributed by atoms with E-state index in [0.717, 1.165) is 0 Å². The monoisotopic (exact) mass is 209 g/mol. The predicted octanol–water partition coefficient (Wildman–Crippen LogP) is 0.412. The molecule has 1 rings (SSSR count). The average molecular weight is 209 g/mol. The van der Waals surface area contributed by atoms with Crippen molar-refractivity contribution >= 4 is 11.7 Å². The van der Waals surface area contributed by atoms with Gasteiger partial charge in [0, 0.05) is 12.6 Å². The Morgan fingerprint density at radius 3 is 3.00 bits per heavy atom. The summed E-state index contributed by atoms with van der Waals surface area (Å²) in [5.74, 6) is -0.640. The Morgan fingerprint density at radius 1 is 1.67 bits per heavy atom. The van der Waals surface area contributed by atoms with Crippen molar-refractivity contribution in [1.29, 1.82) is 0 Å². The van der Waals surface area contributed by atoms with Crippen LogP contribution in [0.15, 0.2) is 23.7 Å². The number of esters is 1. The first kappa shape index (κ1) is 11.1. The number of aromatic nitrogens is 2. The second kappa shape index (κ2) is 5.69. The van der Waals surface area contributed by atoms with Gasteiger partial charge in [-0.15, -0.1) is 0 Å². The van der Waals surface area contributed by atoms with E-state index in [4.69, 9.17) is 9.94 Å². The molecule has 0 amide bonds. The molecular weight excluding hydrogens is 198 g/mol. The molecule has 80 valence electrons. The molecule has 1 heterocycles. The molecule has 15 heavy (non-hydrogen) atoms. The van der Waals surface area contributed by atoms with Gasteiger partial charge < -0.3 is 9.94 Å². The van der Waals surface area contributed by atoms with Gasteiger partial charge in [0.25, 0.3) is 0 Å². The summed E-state index contributed by atoms with van der Waals surface area (Å²) in [5, 5.41) is 11.5. The van der Waals surface area contributed by atoms with Crippen LogP contribution in [0, 0.1) is 0 Å². The molecule has 1 aromatic heterocycles. The first-order valence-corrected chi connectivity index (χ1v) is 4.40. The van der Waals surface area contributed by atoms with Gasteiger partial charge in [0.1, 0.15) is 6.33 Å². The second-order valence-electron chi connectivity index (χ2n) is 2.64. The van der Waals surface area contributed by atoms with Gasteiger partial charge in [-0.2, -0.15) is 0 Å². The average Bonchev–Trinajstić information content (AvgIpc) is 2.27. The van der Waals surface area contributed by atoms with Gasteiger partial charge in [-0.3, -0.25) is 0 Å². The third-order valence-electron chi connectivity index (χ3n) is 1.62. The minimum Gasteiger partial charge on any atom is -0.461 e. The Balaban J connectivity index is 2.67. The Hall–Kier alpha value is -1.98. The summed E-state index contributed by atoms with van der Waals surface area (Å²) in [4.78, 5) is 18.9. The highest BCUT2D eigenvalue weighted by Crippen LogP contribution is 1.97. The fraction of sp³-hybridized carbons (Fsp3) is 0.333. The quantitative estimate of drug-likeness (QED) is 0.336. The van der Waals surface area contributed by atoms with E-state index in [9.17, 15) is 4.79 Å². The van der Waals surface area contributed by atoms with Crippen LogP contribution in [0.4, 0.5) is 0 Å². The number of hydrogen-bond acceptors (Lipinski definition) is 6. The molecule has 0 aliphatic rings. The van der Waals surface area contributed by atoms with Gasteiger partial charge in [-0.05, 0) is 13.0 Å². The molecule has 0 unspecified atom stereocenters. The van der Waals surface area contributed by atoms with Gasteiger partial charge in [-0.25, -0.2) is 14.8 Å². The van der Waals surface area contributed by atoms with Crippen LogP contribution in [0.3, 0.4) is 0 Å². The molecule has 0 atom stereocenters. The fourth-order valence-electron chi connectivity index (χ4n) is 0.957. The molecule has 0 aliphatic carbocycles. The largest absolute Gasteiger partial charge is 0.461 e. The minimum atomic E-state index is -0.640.